The molecule has 2 aliphatic carbocycles. The first-order valence-electron chi connectivity index (χ1n) is 10.1. The van der Waals surface area contributed by atoms with Crippen molar-refractivity contribution in [3.05, 3.63) is 34.9 Å². The largest absolute Gasteiger partial charge is 0.204 e. The number of unbranched alkanes of at least 4 members (excludes halogenated alkanes) is 3. The molecule has 3 rings (SSSR count). The van der Waals surface area contributed by atoms with Gasteiger partial charge in [-0.05, 0) is 67.1 Å². The maximum absolute atomic E-state index is 13.9. The maximum Gasteiger partial charge on any atom is 0.162 e. The van der Waals surface area contributed by atoms with Crippen molar-refractivity contribution in [1.82, 2.24) is 0 Å². The van der Waals surface area contributed by atoms with Gasteiger partial charge in [-0.25, -0.2) is 8.78 Å². The van der Waals surface area contributed by atoms with Gasteiger partial charge in [-0.3, -0.25) is 0 Å². The summed E-state index contributed by atoms with van der Waals surface area (Å²) in [5.74, 6) is 1.15. The summed E-state index contributed by atoms with van der Waals surface area (Å²) in [4.78, 5) is 0. The molecule has 1 unspecified atom stereocenters. The topological polar surface area (TPSA) is 0 Å². The summed E-state index contributed by atoms with van der Waals surface area (Å²) in [6.45, 7) is 2.27. The monoisotopic (exact) mass is 334 g/mol. The lowest BCUT2D eigenvalue weighted by atomic mass is 9.69. The normalized spacial score (nSPS) is 27.0. The Morgan fingerprint density at radius 3 is 2.46 bits per heavy atom. The van der Waals surface area contributed by atoms with Gasteiger partial charge in [0.05, 0.1) is 0 Å². The van der Waals surface area contributed by atoms with Crippen LogP contribution in [-0.2, 0) is 12.8 Å². The first-order valence-corrected chi connectivity index (χ1v) is 10.1. The molecule has 0 amide bonds. The molecule has 0 aromatic heterocycles. The smallest absolute Gasteiger partial charge is 0.162 e. The molecule has 0 aliphatic heterocycles. The number of benzene rings is 1. The fourth-order valence-corrected chi connectivity index (χ4v) is 5.02. The van der Waals surface area contributed by atoms with E-state index in [1.54, 1.807) is 0 Å². The third kappa shape index (κ3) is 4.18. The lowest BCUT2D eigenvalue weighted by Gasteiger charge is -2.36. The number of hydrogen-bond acceptors (Lipinski definition) is 0. The van der Waals surface area contributed by atoms with E-state index in [-0.39, 0.29) is 0 Å². The van der Waals surface area contributed by atoms with Gasteiger partial charge >= 0.3 is 0 Å². The molecule has 0 radical (unpaired) electrons. The van der Waals surface area contributed by atoms with Crippen molar-refractivity contribution in [3.63, 3.8) is 0 Å². The lowest BCUT2D eigenvalue weighted by Crippen LogP contribution is -2.27. The van der Waals surface area contributed by atoms with Gasteiger partial charge in [0.25, 0.3) is 0 Å². The Labute approximate surface area is 146 Å². The van der Waals surface area contributed by atoms with E-state index in [1.807, 2.05) is 6.07 Å². The molecule has 0 saturated heterocycles. The van der Waals surface area contributed by atoms with Crippen molar-refractivity contribution < 1.29 is 8.78 Å². The van der Waals surface area contributed by atoms with E-state index < -0.39 is 11.6 Å². The molecule has 24 heavy (non-hydrogen) atoms. The van der Waals surface area contributed by atoms with Crippen LogP contribution in [0, 0.1) is 29.4 Å². The Hall–Kier alpha value is -0.920. The third-order valence-electron chi connectivity index (χ3n) is 6.56. The molecule has 1 fully saturated rings. The predicted molar refractivity (Wildman–Crippen MR) is 96.1 cm³/mol. The summed E-state index contributed by atoms with van der Waals surface area (Å²) in [5.41, 5.74) is 1.71. The average Bonchev–Trinajstić information content (AvgIpc) is 2.62. The summed E-state index contributed by atoms with van der Waals surface area (Å²) >= 11 is 0. The van der Waals surface area contributed by atoms with Crippen LogP contribution in [-0.4, -0.2) is 0 Å². The molecule has 134 valence electrons. The number of hydrogen-bond donors (Lipinski definition) is 0. The molecule has 1 saturated carbocycles. The Morgan fingerprint density at radius 2 is 1.71 bits per heavy atom. The van der Waals surface area contributed by atoms with E-state index in [0.29, 0.717) is 11.5 Å². The van der Waals surface area contributed by atoms with Gasteiger partial charge in [0.2, 0.25) is 0 Å². The van der Waals surface area contributed by atoms with Crippen molar-refractivity contribution in [3.8, 4) is 0 Å². The summed E-state index contributed by atoms with van der Waals surface area (Å²) < 4.78 is 27.3. The van der Waals surface area contributed by atoms with Crippen LogP contribution in [0.2, 0.25) is 0 Å². The van der Waals surface area contributed by atoms with E-state index in [9.17, 15) is 8.78 Å². The van der Waals surface area contributed by atoms with Crippen LogP contribution in [0.5, 0.6) is 0 Å². The highest BCUT2D eigenvalue weighted by molar-refractivity contribution is 5.32. The zero-order valence-corrected chi connectivity index (χ0v) is 15.1. The first kappa shape index (κ1) is 17.9. The van der Waals surface area contributed by atoms with Crippen LogP contribution < -0.4 is 0 Å². The summed E-state index contributed by atoms with van der Waals surface area (Å²) in [6, 6.07) is 3.13. The molecule has 1 aromatic rings. The van der Waals surface area contributed by atoms with Gasteiger partial charge in [0, 0.05) is 0 Å². The van der Waals surface area contributed by atoms with Crippen LogP contribution in [0.3, 0.4) is 0 Å². The van der Waals surface area contributed by atoms with Crippen molar-refractivity contribution in [1.29, 1.82) is 0 Å². The predicted octanol–water partition coefficient (Wildman–Crippen LogP) is 6.85. The van der Waals surface area contributed by atoms with Gasteiger partial charge in [0.1, 0.15) is 0 Å². The minimum absolute atomic E-state index is 0.596. The van der Waals surface area contributed by atoms with E-state index in [1.165, 1.54) is 63.9 Å². The van der Waals surface area contributed by atoms with E-state index in [4.69, 9.17) is 0 Å². The highest BCUT2D eigenvalue weighted by atomic mass is 19.2. The second-order valence-corrected chi connectivity index (χ2v) is 8.13. The fraction of sp³-hybridized carbons (Fsp3) is 0.727. The molecular formula is C22H32F2. The van der Waals surface area contributed by atoms with E-state index >= 15 is 0 Å². The minimum Gasteiger partial charge on any atom is -0.204 e. The maximum atomic E-state index is 13.9. The Morgan fingerprint density at radius 1 is 0.917 bits per heavy atom. The third-order valence-corrected chi connectivity index (χ3v) is 6.56. The molecule has 0 nitrogen and oxygen atoms in total. The highest BCUT2D eigenvalue weighted by Crippen LogP contribution is 2.41. The molecular weight excluding hydrogens is 302 g/mol. The summed E-state index contributed by atoms with van der Waals surface area (Å²) in [6.07, 6.45) is 15.1. The number of halogens is 2. The molecule has 1 aromatic carbocycles. The summed E-state index contributed by atoms with van der Waals surface area (Å²) in [7, 11) is 0. The van der Waals surface area contributed by atoms with Crippen molar-refractivity contribution in [2.45, 2.75) is 84.0 Å². The average molecular weight is 334 g/mol. The molecule has 0 spiro atoms. The fourth-order valence-electron chi connectivity index (χ4n) is 5.02. The standard InChI is InChI=1S/C22H32F2/c1-2-3-4-5-6-16-7-9-17(10-8-16)18-11-13-20-19(15-18)12-14-21(23)22(20)24/h12,14,16-18H,2-11,13,15H2,1H3. The first-order chi connectivity index (χ1) is 11.7. The van der Waals surface area contributed by atoms with Gasteiger partial charge in [-0.15, -0.1) is 0 Å². The van der Waals surface area contributed by atoms with E-state index in [0.717, 1.165) is 36.7 Å². The Balaban J connectivity index is 1.48. The molecule has 2 aliphatic rings. The second kappa shape index (κ2) is 8.45. The molecule has 1 atom stereocenters. The van der Waals surface area contributed by atoms with Crippen LogP contribution in [0.15, 0.2) is 12.1 Å². The quantitative estimate of drug-likeness (QED) is 0.499. The van der Waals surface area contributed by atoms with Crippen molar-refractivity contribution in [2.75, 3.05) is 0 Å². The van der Waals surface area contributed by atoms with Crippen LogP contribution in [0.25, 0.3) is 0 Å². The van der Waals surface area contributed by atoms with Crippen molar-refractivity contribution >= 4 is 0 Å². The Kier molecular flexibility index (Phi) is 6.30. The zero-order valence-electron chi connectivity index (χ0n) is 15.1. The van der Waals surface area contributed by atoms with Crippen LogP contribution >= 0.6 is 0 Å². The highest BCUT2D eigenvalue weighted by Gasteiger charge is 2.31. The van der Waals surface area contributed by atoms with Gasteiger partial charge < -0.3 is 0 Å². The van der Waals surface area contributed by atoms with Gasteiger partial charge in [0.15, 0.2) is 11.6 Å². The van der Waals surface area contributed by atoms with Gasteiger partial charge in [-0.2, -0.15) is 0 Å². The molecule has 0 heterocycles. The van der Waals surface area contributed by atoms with Crippen LogP contribution in [0.4, 0.5) is 8.78 Å². The minimum atomic E-state index is -0.684. The summed E-state index contributed by atoms with van der Waals surface area (Å²) in [5, 5.41) is 0. The van der Waals surface area contributed by atoms with Crippen molar-refractivity contribution in [2.24, 2.45) is 17.8 Å². The zero-order chi connectivity index (χ0) is 16.9. The van der Waals surface area contributed by atoms with Gasteiger partial charge in [-0.1, -0.05) is 57.9 Å². The lowest BCUT2D eigenvalue weighted by molar-refractivity contribution is 0.182. The van der Waals surface area contributed by atoms with E-state index in [2.05, 4.69) is 6.92 Å². The number of fused-ring (bicyclic) bond motifs is 1. The number of rotatable bonds is 6. The van der Waals surface area contributed by atoms with Crippen LogP contribution in [0.1, 0.15) is 82.3 Å². The molecule has 0 bridgehead atoms. The molecule has 0 N–H and O–H groups in total. The second-order valence-electron chi connectivity index (χ2n) is 8.13. The SMILES string of the molecule is CCCCCCC1CCC(C2CCc3c(ccc(F)c3F)C2)CC1. The Bertz CT molecular complexity index is 529. The molecule has 2 heteroatoms.